The van der Waals surface area contributed by atoms with Crippen LogP contribution in [0.5, 0.6) is 0 Å². The Labute approximate surface area is 108 Å². The Balaban J connectivity index is 2.73. The average Bonchev–Trinajstić information content (AvgIpc) is 2.31. The van der Waals surface area contributed by atoms with Crippen molar-refractivity contribution in [3.63, 3.8) is 0 Å². The van der Waals surface area contributed by atoms with Gasteiger partial charge in [-0.05, 0) is 25.3 Å². The summed E-state index contributed by atoms with van der Waals surface area (Å²) in [6.07, 6.45) is 3.65. The minimum Gasteiger partial charge on any atom is -0.397 e. The maximum Gasteiger partial charge on any atom is 0.250 e. The molecule has 0 spiro atoms. The summed E-state index contributed by atoms with van der Waals surface area (Å²) in [7, 11) is 0. The largest absolute Gasteiger partial charge is 0.397 e. The SMILES string of the molecule is CCC(C)CC(C)Nc1cc(C(N)=O)c(N)cn1. The molecule has 5 heteroatoms. The van der Waals surface area contributed by atoms with Crippen LogP contribution in [-0.4, -0.2) is 16.9 Å². The Kier molecular flexibility index (Phi) is 4.95. The van der Waals surface area contributed by atoms with Crippen LogP contribution in [0.15, 0.2) is 12.3 Å². The standard InChI is InChI=1S/C13H22N4O/c1-4-8(2)5-9(3)17-12-6-10(13(15)18)11(14)7-16-12/h6-9H,4-5,14H2,1-3H3,(H2,15,18)(H,16,17). The minimum absolute atomic E-state index is 0.289. The Bertz CT molecular complexity index is 419. The quantitative estimate of drug-likeness (QED) is 0.719. The molecule has 2 unspecified atom stereocenters. The minimum atomic E-state index is -0.535. The molecule has 0 saturated heterocycles. The third-order valence-electron chi connectivity index (χ3n) is 3.05. The van der Waals surface area contributed by atoms with Crippen molar-refractivity contribution in [2.24, 2.45) is 11.7 Å². The number of nitrogens with zero attached hydrogens (tertiary/aromatic N) is 1. The zero-order valence-electron chi connectivity index (χ0n) is 11.2. The van der Waals surface area contributed by atoms with Gasteiger partial charge in [-0.25, -0.2) is 4.98 Å². The zero-order chi connectivity index (χ0) is 13.7. The van der Waals surface area contributed by atoms with E-state index in [-0.39, 0.29) is 6.04 Å². The van der Waals surface area contributed by atoms with Crippen molar-refractivity contribution in [3.8, 4) is 0 Å². The summed E-state index contributed by atoms with van der Waals surface area (Å²) in [5.74, 6) is 0.748. The lowest BCUT2D eigenvalue weighted by atomic mass is 10.0. The Morgan fingerprint density at radius 2 is 2.17 bits per heavy atom. The highest BCUT2D eigenvalue weighted by Gasteiger charge is 2.11. The van der Waals surface area contributed by atoms with Gasteiger partial charge >= 0.3 is 0 Å². The molecule has 0 aromatic carbocycles. The monoisotopic (exact) mass is 250 g/mol. The van der Waals surface area contributed by atoms with E-state index in [4.69, 9.17) is 11.5 Å². The Morgan fingerprint density at radius 3 is 2.72 bits per heavy atom. The van der Waals surface area contributed by atoms with Crippen molar-refractivity contribution in [2.45, 2.75) is 39.7 Å². The number of hydrogen-bond acceptors (Lipinski definition) is 4. The first-order valence-electron chi connectivity index (χ1n) is 6.25. The van der Waals surface area contributed by atoms with Crippen LogP contribution in [0.4, 0.5) is 11.5 Å². The van der Waals surface area contributed by atoms with Gasteiger partial charge in [-0.3, -0.25) is 4.79 Å². The van der Waals surface area contributed by atoms with Crippen LogP contribution in [0, 0.1) is 5.92 Å². The first-order chi connectivity index (χ1) is 8.43. The predicted octanol–water partition coefficient (Wildman–Crippen LogP) is 2.00. The lowest BCUT2D eigenvalue weighted by Gasteiger charge is -2.18. The second-order valence-corrected chi connectivity index (χ2v) is 4.82. The van der Waals surface area contributed by atoms with Crippen molar-refractivity contribution < 1.29 is 4.79 Å². The van der Waals surface area contributed by atoms with E-state index >= 15 is 0 Å². The molecular formula is C13H22N4O. The van der Waals surface area contributed by atoms with Crippen LogP contribution in [0.25, 0.3) is 0 Å². The van der Waals surface area contributed by atoms with Gasteiger partial charge in [-0.15, -0.1) is 0 Å². The van der Waals surface area contributed by atoms with Crippen LogP contribution in [0.2, 0.25) is 0 Å². The number of nitrogens with one attached hydrogen (secondary N) is 1. The number of rotatable bonds is 6. The highest BCUT2D eigenvalue weighted by atomic mass is 16.1. The van der Waals surface area contributed by atoms with Crippen LogP contribution in [-0.2, 0) is 0 Å². The summed E-state index contributed by atoms with van der Waals surface area (Å²) in [6.45, 7) is 6.47. The van der Waals surface area contributed by atoms with Crippen molar-refractivity contribution in [1.82, 2.24) is 4.98 Å². The van der Waals surface area contributed by atoms with E-state index < -0.39 is 5.91 Å². The summed E-state index contributed by atoms with van der Waals surface area (Å²) in [4.78, 5) is 15.3. The smallest absolute Gasteiger partial charge is 0.250 e. The number of carbonyl (C=O) groups excluding carboxylic acids is 1. The van der Waals surface area contributed by atoms with E-state index in [0.29, 0.717) is 23.0 Å². The van der Waals surface area contributed by atoms with E-state index in [2.05, 4.69) is 31.1 Å². The maximum atomic E-state index is 11.2. The van der Waals surface area contributed by atoms with Crippen molar-refractivity contribution in [1.29, 1.82) is 0 Å². The molecule has 0 aliphatic carbocycles. The topological polar surface area (TPSA) is 94.0 Å². The number of aromatic nitrogens is 1. The number of carbonyl (C=O) groups is 1. The van der Waals surface area contributed by atoms with Gasteiger partial charge in [-0.1, -0.05) is 20.3 Å². The molecule has 1 aromatic rings. The number of anilines is 2. The number of nitrogen functional groups attached to an aromatic ring is 1. The summed E-state index contributed by atoms with van der Waals surface area (Å²) in [5.41, 5.74) is 11.5. The van der Waals surface area contributed by atoms with Crippen LogP contribution in [0.1, 0.15) is 44.0 Å². The molecule has 1 rings (SSSR count). The second-order valence-electron chi connectivity index (χ2n) is 4.82. The lowest BCUT2D eigenvalue weighted by Crippen LogP contribution is -2.20. The summed E-state index contributed by atoms with van der Waals surface area (Å²) in [6, 6.07) is 1.89. The predicted molar refractivity (Wildman–Crippen MR) is 74.3 cm³/mol. The van der Waals surface area contributed by atoms with Gasteiger partial charge in [0.1, 0.15) is 5.82 Å². The van der Waals surface area contributed by atoms with Crippen molar-refractivity contribution >= 4 is 17.4 Å². The average molecular weight is 250 g/mol. The number of pyridine rings is 1. The zero-order valence-corrected chi connectivity index (χ0v) is 11.2. The molecule has 0 aliphatic heterocycles. The molecule has 0 radical (unpaired) electrons. The molecule has 0 aliphatic rings. The summed E-state index contributed by atoms with van der Waals surface area (Å²) < 4.78 is 0. The third kappa shape index (κ3) is 3.91. The fourth-order valence-electron chi connectivity index (χ4n) is 1.84. The number of hydrogen-bond donors (Lipinski definition) is 3. The molecule has 5 nitrogen and oxygen atoms in total. The van der Waals surface area contributed by atoms with E-state index in [0.717, 1.165) is 12.8 Å². The number of amides is 1. The maximum absolute atomic E-state index is 11.2. The van der Waals surface area contributed by atoms with Crippen LogP contribution in [0.3, 0.4) is 0 Å². The first-order valence-corrected chi connectivity index (χ1v) is 6.25. The molecule has 0 fully saturated rings. The van der Waals surface area contributed by atoms with Gasteiger partial charge in [0.25, 0.3) is 5.91 Å². The van der Waals surface area contributed by atoms with Gasteiger partial charge in [0.2, 0.25) is 0 Å². The Morgan fingerprint density at radius 1 is 1.50 bits per heavy atom. The normalized spacial score (nSPS) is 13.9. The van der Waals surface area contributed by atoms with Crippen LogP contribution >= 0.6 is 0 Å². The summed E-state index contributed by atoms with van der Waals surface area (Å²) in [5, 5.41) is 3.26. The fourth-order valence-corrected chi connectivity index (χ4v) is 1.84. The second kappa shape index (κ2) is 6.23. The lowest BCUT2D eigenvalue weighted by molar-refractivity contribution is 0.100. The van der Waals surface area contributed by atoms with Gasteiger partial charge < -0.3 is 16.8 Å². The van der Waals surface area contributed by atoms with Gasteiger partial charge in [0, 0.05) is 6.04 Å². The van der Waals surface area contributed by atoms with E-state index in [9.17, 15) is 4.79 Å². The van der Waals surface area contributed by atoms with E-state index in [1.165, 1.54) is 6.20 Å². The molecule has 1 amide bonds. The van der Waals surface area contributed by atoms with Gasteiger partial charge in [0.05, 0.1) is 17.4 Å². The summed E-state index contributed by atoms with van der Waals surface area (Å²) >= 11 is 0. The highest BCUT2D eigenvalue weighted by Crippen LogP contribution is 2.17. The van der Waals surface area contributed by atoms with Crippen molar-refractivity contribution in [2.75, 3.05) is 11.1 Å². The molecule has 0 saturated carbocycles. The molecule has 5 N–H and O–H groups in total. The van der Waals surface area contributed by atoms with Crippen molar-refractivity contribution in [3.05, 3.63) is 17.8 Å². The molecule has 18 heavy (non-hydrogen) atoms. The molecule has 2 atom stereocenters. The highest BCUT2D eigenvalue weighted by molar-refractivity contribution is 5.98. The van der Waals surface area contributed by atoms with E-state index in [1.54, 1.807) is 6.07 Å². The Hall–Kier alpha value is -1.78. The molecule has 1 aromatic heterocycles. The number of primary amides is 1. The number of nitrogens with two attached hydrogens (primary N) is 2. The first kappa shape index (κ1) is 14.3. The van der Waals surface area contributed by atoms with E-state index in [1.807, 2.05) is 0 Å². The van der Waals surface area contributed by atoms with Crippen LogP contribution < -0.4 is 16.8 Å². The third-order valence-corrected chi connectivity index (χ3v) is 3.05. The molecule has 0 bridgehead atoms. The van der Waals surface area contributed by atoms with Gasteiger partial charge in [0.15, 0.2) is 0 Å². The molecule has 1 heterocycles. The fraction of sp³-hybridized carbons (Fsp3) is 0.538. The molecular weight excluding hydrogens is 228 g/mol. The molecule has 100 valence electrons. The van der Waals surface area contributed by atoms with Gasteiger partial charge in [-0.2, -0.15) is 0 Å².